The van der Waals surface area contributed by atoms with Crippen LogP contribution in [0.3, 0.4) is 0 Å². The first-order chi connectivity index (χ1) is 18.5. The number of rotatable bonds is 7. The number of nitrogens with one attached hydrogen (secondary N) is 1. The fraction of sp³-hybridized carbons (Fsp3) is 0.167. The Labute approximate surface area is 219 Å². The van der Waals surface area contributed by atoms with Crippen molar-refractivity contribution in [3.05, 3.63) is 101 Å². The monoisotopic (exact) mass is 508 g/mol. The molecule has 8 nitrogen and oxygen atoms in total. The first-order valence-electron chi connectivity index (χ1n) is 12.1. The molecule has 0 aromatic heterocycles. The van der Waals surface area contributed by atoms with Gasteiger partial charge in [-0.05, 0) is 53.1 Å². The van der Waals surface area contributed by atoms with E-state index in [1.54, 1.807) is 30.3 Å². The van der Waals surface area contributed by atoms with E-state index in [9.17, 15) is 14.9 Å². The molecule has 1 atom stereocenters. The fourth-order valence-electron chi connectivity index (χ4n) is 4.42. The van der Waals surface area contributed by atoms with Crippen LogP contribution in [0.25, 0.3) is 10.8 Å². The van der Waals surface area contributed by atoms with Gasteiger partial charge in [0.15, 0.2) is 0 Å². The zero-order chi connectivity index (χ0) is 26.5. The topological polar surface area (TPSA) is 118 Å². The first-order valence-corrected chi connectivity index (χ1v) is 12.1. The molecular weight excluding hydrogens is 484 g/mol. The third-order valence-electron chi connectivity index (χ3n) is 6.32. The van der Waals surface area contributed by atoms with Gasteiger partial charge in [-0.15, -0.1) is 0 Å². The lowest BCUT2D eigenvalue weighted by molar-refractivity contribution is 0.0326. The number of benzene rings is 4. The van der Waals surface area contributed by atoms with Crippen molar-refractivity contribution in [2.24, 2.45) is 0 Å². The molecule has 0 fully saturated rings. The number of fused-ring (bicyclic) bond motifs is 2. The second-order valence-corrected chi connectivity index (χ2v) is 8.82. The van der Waals surface area contributed by atoms with Crippen molar-refractivity contribution in [2.75, 3.05) is 13.2 Å². The smallest absolute Gasteiger partial charge is 0.493 e. The summed E-state index contributed by atoms with van der Waals surface area (Å²) in [6, 6.07) is 26.2. The van der Waals surface area contributed by atoms with Gasteiger partial charge in [0, 0.05) is 30.2 Å². The van der Waals surface area contributed by atoms with E-state index in [-0.39, 0.29) is 23.8 Å². The zero-order valence-corrected chi connectivity index (χ0v) is 20.3. The minimum atomic E-state index is -1.39. The molecular formula is C30H24N2O6. The number of carboxylic acid groups (broad SMARTS) is 1. The Bertz CT molecular complexity index is 1540. The summed E-state index contributed by atoms with van der Waals surface area (Å²) in [5.74, 6) is 0.902. The van der Waals surface area contributed by atoms with Crippen LogP contribution in [0.1, 0.15) is 39.6 Å². The Morgan fingerprint density at radius 2 is 1.82 bits per heavy atom. The maximum atomic E-state index is 12.6. The number of amides is 1. The van der Waals surface area contributed by atoms with Crippen molar-refractivity contribution >= 4 is 22.8 Å². The third kappa shape index (κ3) is 5.52. The molecule has 38 heavy (non-hydrogen) atoms. The van der Waals surface area contributed by atoms with Gasteiger partial charge in [-0.3, -0.25) is 4.79 Å². The number of nitriles is 1. The molecule has 1 aliphatic heterocycles. The van der Waals surface area contributed by atoms with Gasteiger partial charge in [0.25, 0.3) is 5.91 Å². The molecule has 0 bridgehead atoms. The molecule has 0 aliphatic carbocycles. The highest BCUT2D eigenvalue weighted by Crippen LogP contribution is 2.40. The van der Waals surface area contributed by atoms with Crippen LogP contribution < -0.4 is 14.8 Å². The third-order valence-corrected chi connectivity index (χ3v) is 6.32. The predicted octanol–water partition coefficient (Wildman–Crippen LogP) is 5.99. The van der Waals surface area contributed by atoms with Gasteiger partial charge in [0.2, 0.25) is 0 Å². The van der Waals surface area contributed by atoms with Gasteiger partial charge in [0.05, 0.1) is 12.2 Å². The standard InChI is InChI=1S/C30H24N2O6/c31-18-23-16-25-26(38-30(34)35)12-14-36-28(25)17-27(23)37-24-9-7-21(8-10-24)29(33)32-13-11-19-5-6-20-3-1-2-4-22(20)15-19/h1-10,15-17,26H,11-14H2,(H,32,33)(H,34,35). The SMILES string of the molecule is N#Cc1cc2c(cc1Oc1ccc(C(=O)NCCc3ccc4ccccc4c3)cc1)OCCC2OC(=O)O. The molecule has 8 heteroatoms. The van der Waals surface area contributed by atoms with Gasteiger partial charge in [-0.25, -0.2) is 4.79 Å². The van der Waals surface area contributed by atoms with Gasteiger partial charge < -0.3 is 24.6 Å². The van der Waals surface area contributed by atoms with Gasteiger partial charge in [0.1, 0.15) is 29.4 Å². The van der Waals surface area contributed by atoms with E-state index in [1.165, 1.54) is 16.8 Å². The normalized spacial score (nSPS) is 14.0. The Hall–Kier alpha value is -5.03. The maximum Gasteiger partial charge on any atom is 0.506 e. The van der Waals surface area contributed by atoms with Gasteiger partial charge in [-0.2, -0.15) is 5.26 Å². The highest BCUT2D eigenvalue weighted by atomic mass is 16.7. The summed E-state index contributed by atoms with van der Waals surface area (Å²) < 4.78 is 16.5. The molecule has 1 amide bonds. The van der Waals surface area contributed by atoms with Crippen LogP contribution in [0, 0.1) is 11.3 Å². The van der Waals surface area contributed by atoms with E-state index < -0.39 is 12.3 Å². The quantitative estimate of drug-likeness (QED) is 0.294. The highest BCUT2D eigenvalue weighted by molar-refractivity contribution is 5.94. The van der Waals surface area contributed by atoms with E-state index in [4.69, 9.17) is 19.3 Å². The molecule has 1 heterocycles. The molecule has 1 unspecified atom stereocenters. The minimum Gasteiger partial charge on any atom is -0.493 e. The summed E-state index contributed by atoms with van der Waals surface area (Å²) in [4.78, 5) is 23.6. The number of ether oxygens (including phenoxy) is 3. The van der Waals surface area contributed by atoms with Crippen LogP contribution >= 0.6 is 0 Å². The van der Waals surface area contributed by atoms with E-state index in [1.807, 2.05) is 12.1 Å². The van der Waals surface area contributed by atoms with Crippen molar-refractivity contribution < 1.29 is 28.9 Å². The van der Waals surface area contributed by atoms with E-state index in [0.29, 0.717) is 42.0 Å². The maximum absolute atomic E-state index is 12.6. The van der Waals surface area contributed by atoms with Crippen LogP contribution in [0.15, 0.2) is 78.9 Å². The fourth-order valence-corrected chi connectivity index (χ4v) is 4.42. The minimum absolute atomic E-state index is 0.193. The summed E-state index contributed by atoms with van der Waals surface area (Å²) in [7, 11) is 0. The molecule has 4 aromatic rings. The van der Waals surface area contributed by atoms with Gasteiger partial charge in [-0.1, -0.05) is 42.5 Å². The number of hydrogen-bond acceptors (Lipinski definition) is 6. The second-order valence-electron chi connectivity index (χ2n) is 8.82. The molecule has 0 saturated carbocycles. The average Bonchev–Trinajstić information content (AvgIpc) is 2.93. The largest absolute Gasteiger partial charge is 0.506 e. The van der Waals surface area contributed by atoms with Crippen LogP contribution in [-0.4, -0.2) is 30.3 Å². The van der Waals surface area contributed by atoms with E-state index in [2.05, 4.69) is 41.7 Å². The number of carbonyl (C=O) groups excluding carboxylic acids is 1. The Morgan fingerprint density at radius 3 is 2.58 bits per heavy atom. The van der Waals surface area contributed by atoms with Crippen LogP contribution in [0.4, 0.5) is 4.79 Å². The number of nitrogens with zero attached hydrogens (tertiary/aromatic N) is 1. The van der Waals surface area contributed by atoms with Crippen molar-refractivity contribution in [3.8, 4) is 23.3 Å². The first kappa shape index (κ1) is 24.7. The summed E-state index contributed by atoms with van der Waals surface area (Å²) in [5.41, 5.74) is 2.33. The molecule has 190 valence electrons. The summed E-state index contributed by atoms with van der Waals surface area (Å²) in [6.07, 6.45) is -1.03. The van der Waals surface area contributed by atoms with E-state index in [0.717, 1.165) is 5.56 Å². The van der Waals surface area contributed by atoms with Crippen molar-refractivity contribution in [2.45, 2.75) is 18.9 Å². The molecule has 0 radical (unpaired) electrons. The van der Waals surface area contributed by atoms with Crippen LogP contribution in [-0.2, 0) is 11.2 Å². The summed E-state index contributed by atoms with van der Waals surface area (Å²) in [6.45, 7) is 0.781. The molecule has 2 N–H and O–H groups in total. The van der Waals surface area contributed by atoms with Crippen molar-refractivity contribution in [1.29, 1.82) is 5.26 Å². The Morgan fingerprint density at radius 1 is 1.03 bits per heavy atom. The number of hydrogen-bond donors (Lipinski definition) is 2. The highest BCUT2D eigenvalue weighted by Gasteiger charge is 2.27. The average molecular weight is 509 g/mol. The second kappa shape index (κ2) is 10.9. The predicted molar refractivity (Wildman–Crippen MR) is 140 cm³/mol. The lowest BCUT2D eigenvalue weighted by Gasteiger charge is -2.25. The summed E-state index contributed by atoms with van der Waals surface area (Å²) in [5, 5.41) is 23.9. The van der Waals surface area contributed by atoms with Crippen molar-refractivity contribution in [3.63, 3.8) is 0 Å². The molecule has 0 saturated heterocycles. The molecule has 5 rings (SSSR count). The lowest BCUT2D eigenvalue weighted by atomic mass is 10.00. The van der Waals surface area contributed by atoms with Crippen LogP contribution in [0.2, 0.25) is 0 Å². The molecule has 1 aliphatic rings. The molecule has 4 aromatic carbocycles. The number of carbonyl (C=O) groups is 2. The van der Waals surface area contributed by atoms with Crippen molar-refractivity contribution in [1.82, 2.24) is 5.32 Å². The Kier molecular flexibility index (Phi) is 7.09. The Balaban J connectivity index is 1.22. The summed E-state index contributed by atoms with van der Waals surface area (Å²) >= 11 is 0. The molecule has 0 spiro atoms. The lowest BCUT2D eigenvalue weighted by Crippen LogP contribution is -2.25. The van der Waals surface area contributed by atoms with E-state index >= 15 is 0 Å². The zero-order valence-electron chi connectivity index (χ0n) is 20.3. The van der Waals surface area contributed by atoms with Crippen LogP contribution in [0.5, 0.6) is 17.2 Å². The van der Waals surface area contributed by atoms with Gasteiger partial charge >= 0.3 is 6.16 Å².